The Balaban J connectivity index is 2.20. The number of anilines is 1. The maximum Gasteiger partial charge on any atom is 0.129 e. The van der Waals surface area contributed by atoms with Crippen LogP contribution < -0.4 is 4.90 Å². The van der Waals surface area contributed by atoms with Gasteiger partial charge < -0.3 is 10.0 Å². The minimum absolute atomic E-state index is 0.361. The summed E-state index contributed by atoms with van der Waals surface area (Å²) in [5, 5.41) is 9.54. The van der Waals surface area contributed by atoms with Gasteiger partial charge in [-0.25, -0.2) is 4.98 Å². The first kappa shape index (κ1) is 14.5. The van der Waals surface area contributed by atoms with E-state index in [2.05, 4.69) is 48.0 Å². The number of hydrogen-bond donors (Lipinski definition) is 1. The molecule has 1 aromatic carbocycles. The smallest absolute Gasteiger partial charge is 0.129 e. The maximum atomic E-state index is 9.54. The number of aromatic nitrogens is 1. The molecule has 0 radical (unpaired) electrons. The van der Waals surface area contributed by atoms with Crippen molar-refractivity contribution in [1.29, 1.82) is 0 Å². The zero-order chi connectivity index (χ0) is 14.5. The van der Waals surface area contributed by atoms with Gasteiger partial charge in [0.05, 0.1) is 6.10 Å². The van der Waals surface area contributed by atoms with Crippen molar-refractivity contribution in [2.45, 2.75) is 39.5 Å². The molecule has 1 N–H and O–H groups in total. The molecule has 0 aliphatic carbocycles. The van der Waals surface area contributed by atoms with E-state index in [1.807, 2.05) is 18.2 Å². The Morgan fingerprint density at radius 1 is 1.05 bits per heavy atom. The van der Waals surface area contributed by atoms with Crippen molar-refractivity contribution in [3.8, 4) is 0 Å². The predicted molar refractivity (Wildman–Crippen MR) is 82.6 cm³/mol. The normalized spacial score (nSPS) is 12.4. The van der Waals surface area contributed by atoms with E-state index in [1.165, 1.54) is 5.56 Å². The van der Waals surface area contributed by atoms with Crippen LogP contribution in [0, 0.1) is 0 Å². The molecular formula is C17H22N2O. The van der Waals surface area contributed by atoms with E-state index in [0.29, 0.717) is 6.04 Å². The summed E-state index contributed by atoms with van der Waals surface area (Å²) in [6.45, 7) is 6.90. The molecule has 20 heavy (non-hydrogen) atoms. The Labute approximate surface area is 120 Å². The second-order valence-electron chi connectivity index (χ2n) is 5.33. The van der Waals surface area contributed by atoms with Crippen LogP contribution in [0.15, 0.2) is 48.7 Å². The van der Waals surface area contributed by atoms with Crippen LogP contribution in [-0.2, 0) is 6.54 Å². The van der Waals surface area contributed by atoms with Gasteiger partial charge in [0.15, 0.2) is 0 Å². The molecule has 0 saturated heterocycles. The summed E-state index contributed by atoms with van der Waals surface area (Å²) in [5.41, 5.74) is 2.11. The van der Waals surface area contributed by atoms with Crippen molar-refractivity contribution < 1.29 is 5.11 Å². The third-order valence-electron chi connectivity index (χ3n) is 3.37. The predicted octanol–water partition coefficient (Wildman–Crippen LogP) is 3.55. The van der Waals surface area contributed by atoms with Gasteiger partial charge in [-0.2, -0.15) is 0 Å². The monoisotopic (exact) mass is 270 g/mol. The van der Waals surface area contributed by atoms with Gasteiger partial charge in [-0.3, -0.25) is 0 Å². The lowest BCUT2D eigenvalue weighted by Gasteiger charge is -2.28. The molecule has 0 spiro atoms. The van der Waals surface area contributed by atoms with Crippen LogP contribution in [0.25, 0.3) is 0 Å². The van der Waals surface area contributed by atoms with E-state index in [1.54, 1.807) is 13.1 Å². The van der Waals surface area contributed by atoms with Crippen molar-refractivity contribution in [3.63, 3.8) is 0 Å². The molecule has 0 aliphatic heterocycles. The Bertz CT molecular complexity index is 520. The molecule has 2 rings (SSSR count). The molecule has 106 valence electrons. The van der Waals surface area contributed by atoms with Gasteiger partial charge >= 0.3 is 0 Å². The topological polar surface area (TPSA) is 36.4 Å². The highest BCUT2D eigenvalue weighted by atomic mass is 16.3. The molecule has 3 nitrogen and oxygen atoms in total. The van der Waals surface area contributed by atoms with Crippen LogP contribution in [-0.4, -0.2) is 16.1 Å². The number of aliphatic hydroxyl groups is 1. The van der Waals surface area contributed by atoms with Crippen molar-refractivity contribution in [3.05, 3.63) is 59.8 Å². The fourth-order valence-electron chi connectivity index (χ4n) is 2.12. The van der Waals surface area contributed by atoms with Crippen LogP contribution >= 0.6 is 0 Å². The standard InChI is InChI=1S/C17H22N2O/c1-13(2)19(12-15-7-5-4-6-8-15)17-10-9-16(11-18-17)14(3)20/h4-11,13-14,20H,12H2,1-3H3/t14-/m0/s1. The molecule has 1 atom stereocenters. The van der Waals surface area contributed by atoms with E-state index in [-0.39, 0.29) is 0 Å². The highest BCUT2D eigenvalue weighted by molar-refractivity contribution is 5.41. The van der Waals surface area contributed by atoms with E-state index in [9.17, 15) is 5.11 Å². The van der Waals surface area contributed by atoms with Crippen molar-refractivity contribution in [1.82, 2.24) is 4.98 Å². The zero-order valence-electron chi connectivity index (χ0n) is 12.3. The van der Waals surface area contributed by atoms with Gasteiger partial charge in [0, 0.05) is 18.8 Å². The molecule has 0 unspecified atom stereocenters. The Kier molecular flexibility index (Phi) is 4.74. The van der Waals surface area contributed by atoms with E-state index in [0.717, 1.165) is 17.9 Å². The minimum atomic E-state index is -0.474. The molecule has 2 aromatic rings. The van der Waals surface area contributed by atoms with Gasteiger partial charge in [-0.15, -0.1) is 0 Å². The zero-order valence-corrected chi connectivity index (χ0v) is 12.3. The SMILES string of the molecule is CC(C)N(Cc1ccccc1)c1ccc([C@H](C)O)cn1. The molecule has 0 aliphatic rings. The molecule has 0 bridgehead atoms. The summed E-state index contributed by atoms with van der Waals surface area (Å²) in [6.07, 6.45) is 1.28. The Morgan fingerprint density at radius 2 is 1.75 bits per heavy atom. The van der Waals surface area contributed by atoms with Crippen LogP contribution in [0.1, 0.15) is 38.0 Å². The minimum Gasteiger partial charge on any atom is -0.389 e. The Hall–Kier alpha value is -1.87. The van der Waals surface area contributed by atoms with Crippen LogP contribution in [0.2, 0.25) is 0 Å². The second kappa shape index (κ2) is 6.53. The van der Waals surface area contributed by atoms with Gasteiger partial charge in [0.2, 0.25) is 0 Å². The highest BCUT2D eigenvalue weighted by Crippen LogP contribution is 2.20. The van der Waals surface area contributed by atoms with E-state index >= 15 is 0 Å². The van der Waals surface area contributed by atoms with Crippen LogP contribution in [0.4, 0.5) is 5.82 Å². The average Bonchev–Trinajstić information content (AvgIpc) is 2.45. The van der Waals surface area contributed by atoms with Gasteiger partial charge in [0.25, 0.3) is 0 Å². The third kappa shape index (κ3) is 3.58. The largest absolute Gasteiger partial charge is 0.389 e. The molecule has 0 amide bonds. The van der Waals surface area contributed by atoms with Crippen molar-refractivity contribution in [2.24, 2.45) is 0 Å². The molecule has 1 heterocycles. The fraction of sp³-hybridized carbons (Fsp3) is 0.353. The average molecular weight is 270 g/mol. The summed E-state index contributed by atoms with van der Waals surface area (Å²) < 4.78 is 0. The lowest BCUT2D eigenvalue weighted by molar-refractivity contribution is 0.199. The van der Waals surface area contributed by atoms with E-state index in [4.69, 9.17) is 0 Å². The van der Waals surface area contributed by atoms with Crippen molar-refractivity contribution >= 4 is 5.82 Å². The maximum absolute atomic E-state index is 9.54. The van der Waals surface area contributed by atoms with Gasteiger partial charge in [-0.05, 0) is 38.0 Å². The number of pyridine rings is 1. The first-order valence-corrected chi connectivity index (χ1v) is 7.02. The summed E-state index contributed by atoms with van der Waals surface area (Å²) in [7, 11) is 0. The third-order valence-corrected chi connectivity index (χ3v) is 3.37. The van der Waals surface area contributed by atoms with E-state index < -0.39 is 6.10 Å². The quantitative estimate of drug-likeness (QED) is 0.902. The summed E-state index contributed by atoms with van der Waals surface area (Å²) in [5.74, 6) is 0.938. The number of benzene rings is 1. The molecular weight excluding hydrogens is 248 g/mol. The molecule has 0 fully saturated rings. The Morgan fingerprint density at radius 3 is 2.25 bits per heavy atom. The molecule has 0 saturated carbocycles. The van der Waals surface area contributed by atoms with Crippen LogP contribution in [0.3, 0.4) is 0 Å². The second-order valence-corrected chi connectivity index (χ2v) is 5.33. The number of hydrogen-bond acceptors (Lipinski definition) is 3. The van der Waals surface area contributed by atoms with Crippen molar-refractivity contribution in [2.75, 3.05) is 4.90 Å². The summed E-state index contributed by atoms with van der Waals surface area (Å²) in [4.78, 5) is 6.73. The highest BCUT2D eigenvalue weighted by Gasteiger charge is 2.13. The molecule has 3 heteroatoms. The summed E-state index contributed by atoms with van der Waals surface area (Å²) in [6, 6.07) is 14.7. The van der Waals surface area contributed by atoms with Crippen LogP contribution in [0.5, 0.6) is 0 Å². The lowest BCUT2D eigenvalue weighted by atomic mass is 10.1. The molecule has 1 aromatic heterocycles. The van der Waals surface area contributed by atoms with Gasteiger partial charge in [0.1, 0.15) is 5.82 Å². The number of nitrogens with zero attached hydrogens (tertiary/aromatic N) is 2. The van der Waals surface area contributed by atoms with Gasteiger partial charge in [-0.1, -0.05) is 36.4 Å². The number of rotatable bonds is 5. The number of aliphatic hydroxyl groups excluding tert-OH is 1. The fourth-order valence-corrected chi connectivity index (χ4v) is 2.12. The first-order valence-electron chi connectivity index (χ1n) is 7.02. The summed E-state index contributed by atoms with van der Waals surface area (Å²) >= 11 is 0. The lowest BCUT2D eigenvalue weighted by Crippen LogP contribution is -2.30. The first-order chi connectivity index (χ1) is 9.58.